The molecule has 1 fully saturated rings. The van der Waals surface area contributed by atoms with Gasteiger partial charge in [-0.1, -0.05) is 0 Å². The van der Waals surface area contributed by atoms with Crippen molar-refractivity contribution in [1.29, 1.82) is 0 Å². The van der Waals surface area contributed by atoms with E-state index in [2.05, 4.69) is 20.3 Å². The molecule has 3 heterocycles. The molecule has 0 unspecified atom stereocenters. The van der Waals surface area contributed by atoms with Gasteiger partial charge in [-0.15, -0.1) is 0 Å². The molecule has 6 nitrogen and oxygen atoms in total. The molecule has 0 aliphatic carbocycles. The highest BCUT2D eigenvalue weighted by molar-refractivity contribution is 5.45. The predicted molar refractivity (Wildman–Crippen MR) is 78.2 cm³/mol. The quantitative estimate of drug-likeness (QED) is 0.899. The Bertz CT molecular complexity index is 579. The molecule has 1 N–H and O–H groups in total. The van der Waals surface area contributed by atoms with Crippen LogP contribution in [0.4, 0.5) is 5.82 Å². The van der Waals surface area contributed by atoms with Gasteiger partial charge >= 0.3 is 0 Å². The Labute approximate surface area is 123 Å². The molecule has 3 rings (SSSR count). The van der Waals surface area contributed by atoms with Crippen LogP contribution in [0.5, 0.6) is 5.88 Å². The van der Waals surface area contributed by atoms with Gasteiger partial charge in [0.1, 0.15) is 0 Å². The highest BCUT2D eigenvalue weighted by Gasteiger charge is 2.29. The van der Waals surface area contributed by atoms with Crippen molar-refractivity contribution >= 4 is 5.82 Å². The van der Waals surface area contributed by atoms with Gasteiger partial charge in [0, 0.05) is 30.7 Å². The number of ether oxygens (including phenoxy) is 2. The smallest absolute Gasteiger partial charge is 0.257 e. The van der Waals surface area contributed by atoms with Crippen LogP contribution in [0.2, 0.25) is 0 Å². The first-order chi connectivity index (χ1) is 10.4. The molecule has 1 aliphatic rings. The van der Waals surface area contributed by atoms with E-state index in [1.807, 2.05) is 24.5 Å². The van der Waals surface area contributed by atoms with Gasteiger partial charge in [0.05, 0.1) is 26.4 Å². The van der Waals surface area contributed by atoms with Crippen LogP contribution >= 0.6 is 0 Å². The monoisotopic (exact) mass is 286 g/mol. The predicted octanol–water partition coefficient (Wildman–Crippen LogP) is 1.55. The largest absolute Gasteiger partial charge is 0.478 e. The first kappa shape index (κ1) is 13.8. The Kier molecular flexibility index (Phi) is 4.25. The van der Waals surface area contributed by atoms with E-state index >= 15 is 0 Å². The van der Waals surface area contributed by atoms with Crippen molar-refractivity contribution < 1.29 is 9.47 Å². The fourth-order valence-electron chi connectivity index (χ4n) is 2.53. The summed E-state index contributed by atoms with van der Waals surface area (Å²) in [6, 6.07) is 4.28. The molecule has 0 aromatic carbocycles. The van der Waals surface area contributed by atoms with Crippen molar-refractivity contribution in [1.82, 2.24) is 15.0 Å². The third kappa shape index (κ3) is 3.28. The maximum absolute atomic E-state index is 5.62. The average Bonchev–Trinajstić information content (AvgIpc) is 2.96. The maximum atomic E-state index is 5.62. The summed E-state index contributed by atoms with van der Waals surface area (Å²) in [4.78, 5) is 12.5. The minimum Gasteiger partial charge on any atom is -0.478 e. The lowest BCUT2D eigenvalue weighted by Gasteiger charge is -2.20. The van der Waals surface area contributed by atoms with E-state index < -0.39 is 0 Å². The first-order valence-corrected chi connectivity index (χ1v) is 6.95. The Morgan fingerprint density at radius 1 is 1.19 bits per heavy atom. The second kappa shape index (κ2) is 6.49. The first-order valence-electron chi connectivity index (χ1n) is 6.95. The van der Waals surface area contributed by atoms with Crippen molar-refractivity contribution in [3.8, 4) is 5.88 Å². The van der Waals surface area contributed by atoms with E-state index in [1.54, 1.807) is 19.5 Å². The van der Waals surface area contributed by atoms with E-state index in [9.17, 15) is 0 Å². The van der Waals surface area contributed by atoms with Gasteiger partial charge in [0.2, 0.25) is 0 Å². The molecule has 1 saturated heterocycles. The van der Waals surface area contributed by atoms with E-state index in [0.717, 1.165) is 13.0 Å². The summed E-state index contributed by atoms with van der Waals surface area (Å²) in [5.74, 6) is 1.56. The molecule has 110 valence electrons. The topological polar surface area (TPSA) is 69.2 Å². The fourth-order valence-corrected chi connectivity index (χ4v) is 2.53. The summed E-state index contributed by atoms with van der Waals surface area (Å²) in [6.45, 7) is 1.40. The molecule has 0 spiro atoms. The third-order valence-corrected chi connectivity index (χ3v) is 3.63. The van der Waals surface area contributed by atoms with Gasteiger partial charge in [-0.3, -0.25) is 4.98 Å². The summed E-state index contributed by atoms with van der Waals surface area (Å²) in [6.07, 6.45) is 7.85. The summed E-state index contributed by atoms with van der Waals surface area (Å²) < 4.78 is 10.8. The van der Waals surface area contributed by atoms with Gasteiger partial charge in [-0.2, -0.15) is 0 Å². The van der Waals surface area contributed by atoms with Crippen LogP contribution < -0.4 is 10.1 Å². The van der Waals surface area contributed by atoms with Crippen LogP contribution in [-0.4, -0.2) is 41.3 Å². The van der Waals surface area contributed by atoms with E-state index in [1.165, 1.54) is 5.56 Å². The number of anilines is 1. The molecule has 1 aliphatic heterocycles. The summed E-state index contributed by atoms with van der Waals surface area (Å²) in [7, 11) is 1.59. The number of aromatic nitrogens is 3. The second-order valence-electron chi connectivity index (χ2n) is 5.02. The maximum Gasteiger partial charge on any atom is 0.257 e. The minimum atomic E-state index is 0.198. The number of hydrogen-bond acceptors (Lipinski definition) is 6. The number of nitrogens with zero attached hydrogens (tertiary/aromatic N) is 3. The number of hydrogen-bond donors (Lipinski definition) is 1. The summed E-state index contributed by atoms with van der Waals surface area (Å²) >= 11 is 0. The lowest BCUT2D eigenvalue weighted by atomic mass is 9.95. The lowest BCUT2D eigenvalue weighted by Crippen LogP contribution is -2.30. The van der Waals surface area contributed by atoms with Gasteiger partial charge in [-0.25, -0.2) is 9.97 Å². The van der Waals surface area contributed by atoms with Gasteiger partial charge < -0.3 is 14.8 Å². The van der Waals surface area contributed by atoms with Crippen molar-refractivity contribution in [2.45, 2.75) is 12.5 Å². The van der Waals surface area contributed by atoms with Crippen LogP contribution in [0.1, 0.15) is 5.56 Å². The number of rotatable bonds is 5. The molecule has 2 aromatic rings. The number of nitrogens with one attached hydrogen (secondary N) is 1. The standard InChI is InChI=1S/C15H18N4O2/c1-20-15-14(17-6-7-18-15)19-13-10-21-9-12(13)8-11-2-4-16-5-3-11/h2-7,12-13H,8-10H2,1H3,(H,17,19)/t12-,13+/m1/s1. The van der Waals surface area contributed by atoms with Crippen LogP contribution in [-0.2, 0) is 11.2 Å². The molecular formula is C15H18N4O2. The zero-order valence-electron chi connectivity index (χ0n) is 11.9. The number of methoxy groups -OCH3 is 1. The highest BCUT2D eigenvalue weighted by atomic mass is 16.5. The van der Waals surface area contributed by atoms with Crippen molar-refractivity contribution in [2.75, 3.05) is 25.6 Å². The molecule has 0 saturated carbocycles. The zero-order valence-corrected chi connectivity index (χ0v) is 11.9. The SMILES string of the molecule is COc1nccnc1N[C@H]1COC[C@H]1Cc1ccncc1. The van der Waals surface area contributed by atoms with Crippen LogP contribution in [0, 0.1) is 5.92 Å². The average molecular weight is 286 g/mol. The van der Waals surface area contributed by atoms with E-state index in [4.69, 9.17) is 9.47 Å². The second-order valence-corrected chi connectivity index (χ2v) is 5.02. The molecule has 2 atom stereocenters. The van der Waals surface area contributed by atoms with Crippen molar-refractivity contribution in [3.05, 3.63) is 42.5 Å². The van der Waals surface area contributed by atoms with Crippen LogP contribution in [0.15, 0.2) is 36.9 Å². The molecular weight excluding hydrogens is 268 g/mol. The Morgan fingerprint density at radius 3 is 2.81 bits per heavy atom. The molecule has 21 heavy (non-hydrogen) atoms. The third-order valence-electron chi connectivity index (χ3n) is 3.63. The van der Waals surface area contributed by atoms with Crippen LogP contribution in [0.3, 0.4) is 0 Å². The van der Waals surface area contributed by atoms with E-state index in [0.29, 0.717) is 24.2 Å². The summed E-state index contributed by atoms with van der Waals surface area (Å²) in [5.41, 5.74) is 1.26. The number of pyridine rings is 1. The van der Waals surface area contributed by atoms with Gasteiger partial charge in [0.25, 0.3) is 5.88 Å². The van der Waals surface area contributed by atoms with Gasteiger partial charge in [-0.05, 0) is 24.1 Å². The summed E-state index contributed by atoms with van der Waals surface area (Å²) in [5, 5.41) is 3.39. The molecule has 0 radical (unpaired) electrons. The van der Waals surface area contributed by atoms with Gasteiger partial charge in [0.15, 0.2) is 5.82 Å². The lowest BCUT2D eigenvalue weighted by molar-refractivity contribution is 0.185. The molecule has 0 amide bonds. The van der Waals surface area contributed by atoms with E-state index in [-0.39, 0.29) is 6.04 Å². The minimum absolute atomic E-state index is 0.198. The normalized spacial score (nSPS) is 21.2. The Morgan fingerprint density at radius 2 is 2.00 bits per heavy atom. The molecule has 2 aromatic heterocycles. The zero-order chi connectivity index (χ0) is 14.5. The Hall–Kier alpha value is -2.21. The Balaban J connectivity index is 1.69. The van der Waals surface area contributed by atoms with Crippen LogP contribution in [0.25, 0.3) is 0 Å². The molecule has 6 heteroatoms. The van der Waals surface area contributed by atoms with Crippen molar-refractivity contribution in [2.24, 2.45) is 5.92 Å². The molecule has 0 bridgehead atoms. The highest BCUT2D eigenvalue weighted by Crippen LogP contribution is 2.25. The van der Waals surface area contributed by atoms with Crippen molar-refractivity contribution in [3.63, 3.8) is 0 Å². The fraction of sp³-hybridized carbons (Fsp3) is 0.400.